The Labute approximate surface area is 212 Å². The zero-order valence-corrected chi connectivity index (χ0v) is 20.5. The molecule has 0 aliphatic heterocycles. The lowest BCUT2D eigenvalue weighted by Gasteiger charge is -2.12. The third-order valence-electron chi connectivity index (χ3n) is 4.71. The molecule has 0 fully saturated rings. The molecule has 184 valence electrons. The normalized spacial score (nSPS) is 11.8. The van der Waals surface area contributed by atoms with Gasteiger partial charge in [0.1, 0.15) is 7.05 Å². The maximum Gasteiger partial charge on any atom is 0.485 e. The van der Waals surface area contributed by atoms with Crippen LogP contribution in [0, 0.1) is 0 Å². The fraction of sp³-hybridized carbons (Fsp3) is 0.0909. The van der Waals surface area contributed by atoms with Crippen LogP contribution in [0.3, 0.4) is 0 Å². The second kappa shape index (κ2) is 10.2. The summed E-state index contributed by atoms with van der Waals surface area (Å²) in [7, 11) is -4.13. The Kier molecular flexibility index (Phi) is 7.83. The van der Waals surface area contributed by atoms with Crippen LogP contribution < -0.4 is 9.30 Å². The number of pyridine rings is 1. The van der Waals surface area contributed by atoms with Crippen molar-refractivity contribution in [1.29, 1.82) is 0 Å². The van der Waals surface area contributed by atoms with Gasteiger partial charge in [-0.3, -0.25) is 0 Å². The largest absolute Gasteiger partial charge is 0.741 e. The minimum atomic E-state index is -6.09. The predicted molar refractivity (Wildman–Crippen MR) is 125 cm³/mol. The zero-order chi connectivity index (χ0) is 26.1. The second-order valence-electron chi connectivity index (χ2n) is 6.96. The van der Waals surface area contributed by atoms with Crippen LogP contribution in [0.5, 0.6) is 5.75 Å². The molecule has 1 heterocycles. The van der Waals surface area contributed by atoms with Gasteiger partial charge in [-0.2, -0.15) is 17.7 Å². The first-order chi connectivity index (χ1) is 16.2. The molecule has 6 nitrogen and oxygen atoms in total. The summed E-state index contributed by atoms with van der Waals surface area (Å²) in [5.41, 5.74) is -3.36. The Morgan fingerprint density at radius 2 is 1.31 bits per heavy atom. The molecule has 13 heteroatoms. The van der Waals surface area contributed by atoms with Gasteiger partial charge in [0.25, 0.3) is 0 Å². The van der Waals surface area contributed by atoms with Gasteiger partial charge in [0.05, 0.1) is 26.4 Å². The summed E-state index contributed by atoms with van der Waals surface area (Å²) >= 11 is 18.3. The van der Waals surface area contributed by atoms with E-state index in [4.69, 9.17) is 52.5 Å². The van der Waals surface area contributed by atoms with Gasteiger partial charge in [-0.15, -0.1) is 0 Å². The van der Waals surface area contributed by atoms with E-state index in [0.717, 1.165) is 21.8 Å². The molecule has 0 amide bonds. The lowest BCUT2D eigenvalue weighted by Crippen LogP contribution is -2.31. The van der Waals surface area contributed by atoms with Gasteiger partial charge in [-0.1, -0.05) is 59.1 Å². The maximum absolute atomic E-state index is 13.2. The highest BCUT2D eigenvalue weighted by atomic mass is 35.5. The number of carbonyl (C=O) groups is 1. The van der Waals surface area contributed by atoms with Gasteiger partial charge in [-0.25, -0.2) is 13.2 Å². The van der Waals surface area contributed by atoms with E-state index in [1.54, 1.807) is 0 Å². The number of nitrogens with zero attached hydrogens (tertiary/aromatic N) is 1. The van der Waals surface area contributed by atoms with Crippen LogP contribution in [-0.2, 0) is 17.2 Å². The molecule has 0 saturated heterocycles. The van der Waals surface area contributed by atoms with E-state index < -0.39 is 21.6 Å². The first kappa shape index (κ1) is 27.0. The Bertz CT molecular complexity index is 1480. The van der Waals surface area contributed by atoms with Crippen molar-refractivity contribution in [3.8, 4) is 5.75 Å². The van der Waals surface area contributed by atoms with Gasteiger partial charge >= 0.3 is 11.5 Å². The molecule has 0 spiro atoms. The third-order valence-corrected chi connectivity index (χ3v) is 6.06. The van der Waals surface area contributed by atoms with E-state index in [-0.39, 0.29) is 15.8 Å². The number of alkyl halides is 3. The summed E-state index contributed by atoms with van der Waals surface area (Å²) in [4.78, 5) is 13.2. The van der Waals surface area contributed by atoms with Crippen molar-refractivity contribution in [2.45, 2.75) is 5.51 Å². The molecule has 1 aromatic heterocycles. The predicted octanol–water partition coefficient (Wildman–Crippen LogP) is 6.05. The fourth-order valence-electron chi connectivity index (χ4n) is 3.22. The average molecular weight is 567 g/mol. The third kappa shape index (κ3) is 5.79. The number of hydrogen-bond acceptors (Lipinski definition) is 5. The number of hydrogen-bond donors (Lipinski definition) is 0. The van der Waals surface area contributed by atoms with Crippen molar-refractivity contribution in [2.75, 3.05) is 0 Å². The van der Waals surface area contributed by atoms with Crippen LogP contribution in [0.1, 0.15) is 10.4 Å². The molecule has 0 radical (unpaired) electrons. The number of rotatable bonds is 2. The van der Waals surface area contributed by atoms with Crippen LogP contribution >= 0.6 is 34.8 Å². The lowest BCUT2D eigenvalue weighted by molar-refractivity contribution is -0.617. The quantitative estimate of drug-likeness (QED) is 0.0736. The van der Waals surface area contributed by atoms with Gasteiger partial charge in [-0.05, 0) is 24.3 Å². The minimum Gasteiger partial charge on any atom is -0.741 e. The number of para-hydroxylation sites is 2. The Morgan fingerprint density at radius 3 is 1.71 bits per heavy atom. The number of fused-ring (bicyclic) bond motifs is 2. The summed E-state index contributed by atoms with van der Waals surface area (Å²) in [5, 5.41) is 2.29. The molecule has 0 aliphatic carbocycles. The number of esters is 1. The van der Waals surface area contributed by atoms with Crippen LogP contribution in [0.4, 0.5) is 13.2 Å². The molecule has 0 saturated carbocycles. The van der Waals surface area contributed by atoms with E-state index in [1.165, 1.54) is 12.1 Å². The highest BCUT2D eigenvalue weighted by Crippen LogP contribution is 2.37. The van der Waals surface area contributed by atoms with Crippen molar-refractivity contribution >= 4 is 72.7 Å². The van der Waals surface area contributed by atoms with E-state index in [1.807, 2.05) is 60.1 Å². The molecular formula is C22H13Cl3F3NO5S. The number of benzene rings is 3. The van der Waals surface area contributed by atoms with Crippen LogP contribution in [0.2, 0.25) is 15.1 Å². The van der Waals surface area contributed by atoms with Gasteiger partial charge in [0, 0.05) is 17.2 Å². The molecule has 4 aromatic rings. The molecule has 35 heavy (non-hydrogen) atoms. The van der Waals surface area contributed by atoms with Crippen LogP contribution in [-0.4, -0.2) is 24.4 Å². The number of aromatic nitrogens is 1. The van der Waals surface area contributed by atoms with Gasteiger partial charge < -0.3 is 9.29 Å². The average Bonchev–Trinajstić information content (AvgIpc) is 2.75. The molecule has 0 N–H and O–H groups in total. The molecule has 0 unspecified atom stereocenters. The maximum atomic E-state index is 13.2. The summed E-state index contributed by atoms with van der Waals surface area (Å²) < 4.78 is 66.6. The molecule has 0 atom stereocenters. The van der Waals surface area contributed by atoms with Crippen molar-refractivity contribution < 1.29 is 40.2 Å². The Morgan fingerprint density at radius 1 is 0.914 bits per heavy atom. The summed E-state index contributed by atoms with van der Waals surface area (Å²) in [6.07, 6.45) is 0. The van der Waals surface area contributed by atoms with E-state index in [2.05, 4.69) is 0 Å². The number of carbonyl (C=O) groups excluding carboxylic acids is 1. The molecule has 4 rings (SSSR count). The van der Waals surface area contributed by atoms with Crippen molar-refractivity contribution in [2.24, 2.45) is 7.05 Å². The van der Waals surface area contributed by atoms with E-state index in [9.17, 15) is 18.0 Å². The molecular weight excluding hydrogens is 554 g/mol. The van der Waals surface area contributed by atoms with Crippen molar-refractivity contribution in [3.63, 3.8) is 0 Å². The topological polar surface area (TPSA) is 87.4 Å². The SMILES string of the molecule is C[n+]1c2ccccc2c(C(=O)Oc2c(Cl)cc(Cl)cc2Cl)c2ccccc21.O=S(=O)([O-])C(F)(F)F. The summed E-state index contributed by atoms with van der Waals surface area (Å²) in [6.45, 7) is 0. The number of aryl methyl sites for hydroxylation is 1. The van der Waals surface area contributed by atoms with Crippen LogP contribution in [0.25, 0.3) is 21.8 Å². The van der Waals surface area contributed by atoms with Crippen LogP contribution in [0.15, 0.2) is 60.7 Å². The minimum absolute atomic E-state index is 0.0918. The van der Waals surface area contributed by atoms with Crippen molar-refractivity contribution in [3.05, 3.63) is 81.3 Å². The highest BCUT2D eigenvalue weighted by molar-refractivity contribution is 7.86. The number of ether oxygens (including phenoxy) is 1. The smallest absolute Gasteiger partial charge is 0.485 e. The molecule has 0 aliphatic rings. The monoisotopic (exact) mass is 565 g/mol. The first-order valence-electron chi connectivity index (χ1n) is 9.40. The molecule has 0 bridgehead atoms. The number of halogens is 6. The Balaban J connectivity index is 0.000000371. The molecule has 3 aromatic carbocycles. The fourth-order valence-corrected chi connectivity index (χ4v) is 4.11. The van der Waals surface area contributed by atoms with Gasteiger partial charge in [0.15, 0.2) is 15.9 Å². The van der Waals surface area contributed by atoms with Gasteiger partial charge in [0.2, 0.25) is 11.0 Å². The lowest BCUT2D eigenvalue weighted by atomic mass is 10.0. The zero-order valence-electron chi connectivity index (χ0n) is 17.4. The Hall–Kier alpha value is -2.63. The summed E-state index contributed by atoms with van der Waals surface area (Å²) in [5.74, 6) is -0.441. The van der Waals surface area contributed by atoms with Crippen molar-refractivity contribution in [1.82, 2.24) is 0 Å². The second-order valence-corrected chi connectivity index (χ2v) is 9.58. The highest BCUT2D eigenvalue weighted by Gasteiger charge is 2.37. The van der Waals surface area contributed by atoms with E-state index >= 15 is 0 Å². The first-order valence-corrected chi connectivity index (χ1v) is 11.9. The standard InChI is InChI=1S/C21H13Cl3NO2.CHF3O3S/c1-25-17-8-4-2-6-13(17)19(14-7-3-5-9-18(14)25)21(26)27-20-15(23)10-12(22)11-16(20)24;2-1(3,4)8(5,6)7/h2-11H,1H3;(H,5,6,7)/q+1;/p-1. The summed E-state index contributed by atoms with van der Waals surface area (Å²) in [6, 6.07) is 18.3. The van der Waals surface area contributed by atoms with E-state index in [0.29, 0.717) is 10.6 Å².